The molecule has 6 rings (SSSR count). The van der Waals surface area contributed by atoms with Crippen molar-refractivity contribution in [1.82, 2.24) is 0 Å². The highest BCUT2D eigenvalue weighted by atomic mass is 16.6. The van der Waals surface area contributed by atoms with Gasteiger partial charge in [-0.1, -0.05) is 26.8 Å². The molecule has 1 aromatic rings. The molecule has 13 nitrogen and oxygen atoms in total. The predicted octanol–water partition coefficient (Wildman–Crippen LogP) is 3.42. The van der Waals surface area contributed by atoms with E-state index in [4.69, 9.17) is 28.1 Å². The van der Waals surface area contributed by atoms with Gasteiger partial charge in [-0.25, -0.2) is 9.59 Å². The van der Waals surface area contributed by atoms with Gasteiger partial charge in [0.1, 0.15) is 17.8 Å². The fourth-order valence-electron chi connectivity index (χ4n) is 10.6. The Morgan fingerprint density at radius 2 is 1.71 bits per heavy atom. The summed E-state index contributed by atoms with van der Waals surface area (Å²) in [5, 5.41) is 26.3. The topological polar surface area (TPSA) is 185 Å². The molecular weight excluding hydrogens is 640 g/mol. The van der Waals surface area contributed by atoms with Crippen molar-refractivity contribution in [1.29, 1.82) is 0 Å². The van der Waals surface area contributed by atoms with Crippen molar-refractivity contribution in [3.8, 4) is 0 Å². The summed E-state index contributed by atoms with van der Waals surface area (Å²) >= 11 is 0. The third kappa shape index (κ3) is 4.40. The van der Waals surface area contributed by atoms with E-state index in [1.165, 1.54) is 32.6 Å². The van der Waals surface area contributed by atoms with Crippen LogP contribution in [0.1, 0.15) is 85.8 Å². The van der Waals surface area contributed by atoms with Gasteiger partial charge in [0.15, 0.2) is 11.7 Å². The molecule has 2 bridgehead atoms. The van der Waals surface area contributed by atoms with Gasteiger partial charge in [0.2, 0.25) is 6.10 Å². The second kappa shape index (κ2) is 11.3. The molecule has 1 aromatic heterocycles. The van der Waals surface area contributed by atoms with Crippen molar-refractivity contribution in [3.63, 3.8) is 0 Å². The Balaban J connectivity index is 1.71. The minimum Gasteiger partial charge on any atom is -0.472 e. The Bertz CT molecular complexity index is 1670. The minimum atomic E-state index is -2.48. The van der Waals surface area contributed by atoms with Gasteiger partial charge in [-0.3, -0.25) is 14.4 Å². The van der Waals surface area contributed by atoms with E-state index < -0.39 is 93.5 Å². The highest BCUT2D eigenvalue weighted by Crippen LogP contribution is 2.81. The first-order valence-electron chi connectivity index (χ1n) is 16.5. The first-order valence-corrected chi connectivity index (χ1v) is 16.5. The molecule has 2 N–H and O–H groups in total. The zero-order chi connectivity index (χ0) is 36.1. The van der Waals surface area contributed by atoms with Crippen LogP contribution in [0, 0.1) is 28.1 Å². The number of methoxy groups -OCH3 is 1. The number of ether oxygens (including phenoxy) is 5. The van der Waals surface area contributed by atoms with Crippen molar-refractivity contribution in [3.05, 3.63) is 47.0 Å². The van der Waals surface area contributed by atoms with E-state index in [1.54, 1.807) is 26.8 Å². The second-order valence-electron chi connectivity index (χ2n) is 15.0. The van der Waals surface area contributed by atoms with Crippen molar-refractivity contribution in [2.75, 3.05) is 7.11 Å². The maximum atomic E-state index is 13.9. The number of furan rings is 1. The molecule has 0 aromatic carbocycles. The molecule has 2 heterocycles. The third-order valence-corrected chi connectivity index (χ3v) is 12.6. The number of allylic oxidation sites excluding steroid dienone is 1. The van der Waals surface area contributed by atoms with Gasteiger partial charge >= 0.3 is 29.8 Å². The number of hydrogen-bond donors (Lipinski definition) is 2. The third-order valence-electron chi connectivity index (χ3n) is 12.6. The van der Waals surface area contributed by atoms with Crippen LogP contribution in [0.15, 0.2) is 45.8 Å². The van der Waals surface area contributed by atoms with Gasteiger partial charge in [-0.05, 0) is 62.2 Å². The maximum Gasteiger partial charge on any atom is 0.352 e. The average Bonchev–Trinajstić information content (AvgIpc) is 3.68. The molecule has 11 atom stereocenters. The fraction of sp³-hybridized carbons (Fsp3) is 0.639. The summed E-state index contributed by atoms with van der Waals surface area (Å²) in [5.74, 6) is -5.28. The van der Waals surface area contributed by atoms with Crippen LogP contribution >= 0.6 is 0 Å². The number of hydrogen-bond acceptors (Lipinski definition) is 13. The summed E-state index contributed by atoms with van der Waals surface area (Å²) in [4.78, 5) is 66.0. The van der Waals surface area contributed by atoms with Crippen molar-refractivity contribution >= 4 is 29.8 Å². The van der Waals surface area contributed by atoms with Gasteiger partial charge in [0.25, 0.3) is 0 Å². The quantitative estimate of drug-likeness (QED) is 0.184. The van der Waals surface area contributed by atoms with E-state index >= 15 is 0 Å². The standard InChI is InChI=1S/C36H44O13/c1-9-17(2)29(40)49-31-33(6)16-35(42)34(7,22(33)14-23(39)44-8)21-10-12-32(5)25(24(21)28(36(31,35)43)47-19(4)38)26(46-18(3)37)30(41)48-27(32)20-11-13-45-15-20/h9,11,13,15,21-22,26-28,31,42-43H,10,12,14,16H2,1-8H3/b17-9+/t21?,22-,26+,27-,28+,31-,32+,33-,34+,35+,36-/m0/s1. The average molecular weight is 685 g/mol. The molecule has 0 amide bonds. The summed E-state index contributed by atoms with van der Waals surface area (Å²) in [5.41, 5.74) is -6.93. The molecule has 266 valence electrons. The number of carbonyl (C=O) groups is 5. The lowest BCUT2D eigenvalue weighted by Gasteiger charge is -2.68. The van der Waals surface area contributed by atoms with Crippen molar-refractivity contribution in [2.45, 2.75) is 110 Å². The van der Waals surface area contributed by atoms with E-state index in [-0.39, 0.29) is 29.6 Å². The van der Waals surface area contributed by atoms with E-state index in [2.05, 4.69) is 0 Å². The van der Waals surface area contributed by atoms with Gasteiger partial charge in [-0.15, -0.1) is 0 Å². The molecule has 0 spiro atoms. The van der Waals surface area contributed by atoms with Crippen molar-refractivity contribution < 1.29 is 62.3 Å². The van der Waals surface area contributed by atoms with Crippen LogP contribution in [-0.4, -0.2) is 76.7 Å². The fourth-order valence-corrected chi connectivity index (χ4v) is 10.6. The zero-order valence-electron chi connectivity index (χ0n) is 29.0. The van der Waals surface area contributed by atoms with E-state index in [1.807, 2.05) is 6.92 Å². The molecule has 4 fully saturated rings. The van der Waals surface area contributed by atoms with Crippen LogP contribution in [0.3, 0.4) is 0 Å². The van der Waals surface area contributed by atoms with Crippen LogP contribution in [0.4, 0.5) is 0 Å². The summed E-state index contributed by atoms with van der Waals surface area (Å²) in [7, 11) is 1.25. The number of aliphatic hydroxyl groups is 2. The zero-order valence-corrected chi connectivity index (χ0v) is 29.0. The summed E-state index contributed by atoms with van der Waals surface area (Å²) < 4.78 is 34.2. The van der Waals surface area contributed by atoms with E-state index in [0.29, 0.717) is 18.4 Å². The maximum absolute atomic E-state index is 13.9. The molecule has 3 saturated carbocycles. The monoisotopic (exact) mass is 684 g/mol. The van der Waals surface area contributed by atoms with E-state index in [0.717, 1.165) is 13.8 Å². The van der Waals surface area contributed by atoms with Crippen LogP contribution in [-0.2, 0) is 47.7 Å². The molecule has 0 radical (unpaired) electrons. The first kappa shape index (κ1) is 34.9. The number of cyclic esters (lactones) is 1. The largest absolute Gasteiger partial charge is 0.472 e. The summed E-state index contributed by atoms with van der Waals surface area (Å²) in [6.07, 6.45) is -0.907. The van der Waals surface area contributed by atoms with E-state index in [9.17, 15) is 34.2 Å². The predicted molar refractivity (Wildman–Crippen MR) is 167 cm³/mol. The lowest BCUT2D eigenvalue weighted by atomic mass is 9.40. The van der Waals surface area contributed by atoms with Crippen LogP contribution in [0.5, 0.6) is 0 Å². The first-order chi connectivity index (χ1) is 22.9. The molecule has 4 aliphatic carbocycles. The molecule has 13 heteroatoms. The van der Waals surface area contributed by atoms with Gasteiger partial charge in [0.05, 0.1) is 19.6 Å². The van der Waals surface area contributed by atoms with Crippen LogP contribution < -0.4 is 0 Å². The number of carbonyl (C=O) groups excluding carboxylic acids is 5. The molecule has 1 aliphatic heterocycles. The number of esters is 5. The molecule has 49 heavy (non-hydrogen) atoms. The van der Waals surface area contributed by atoms with Crippen LogP contribution in [0.2, 0.25) is 0 Å². The molecule has 1 unspecified atom stereocenters. The Morgan fingerprint density at radius 1 is 1.04 bits per heavy atom. The second-order valence-corrected chi connectivity index (χ2v) is 15.0. The highest BCUT2D eigenvalue weighted by Gasteiger charge is 2.90. The number of rotatable bonds is 7. The molecular formula is C36H44O13. The SMILES string of the molecule is C/C=C(\C)C(=O)O[C@H]1[C@@]2(C)C[C@]3(O)[C@]1(O)[C@H](OC(C)=O)C1=C4[C@@H](OC(C)=O)C(=O)O[C@@H](c5ccoc5)[C@]4(C)CCC1[C@]3(C)[C@H]2CC(=O)OC. The molecule has 1 saturated heterocycles. The lowest BCUT2D eigenvalue weighted by Crippen LogP contribution is -2.80. The van der Waals surface area contributed by atoms with Crippen molar-refractivity contribution in [2.24, 2.45) is 28.1 Å². The lowest BCUT2D eigenvalue weighted by molar-refractivity contribution is -0.316. The number of fused-ring (bicyclic) bond motifs is 4. The van der Waals surface area contributed by atoms with Crippen LogP contribution in [0.25, 0.3) is 0 Å². The summed E-state index contributed by atoms with van der Waals surface area (Å²) in [6.45, 7) is 10.9. The van der Waals surface area contributed by atoms with Gasteiger partial charge < -0.3 is 38.3 Å². The van der Waals surface area contributed by atoms with Gasteiger partial charge in [-0.2, -0.15) is 0 Å². The minimum absolute atomic E-state index is 0.108. The Hall–Kier alpha value is -3.97. The highest BCUT2D eigenvalue weighted by molar-refractivity contribution is 5.88. The smallest absolute Gasteiger partial charge is 0.352 e. The normalized spacial score (nSPS) is 42.1. The summed E-state index contributed by atoms with van der Waals surface area (Å²) in [6, 6.07) is 1.65. The molecule has 5 aliphatic rings. The Labute approximate surface area is 283 Å². The Kier molecular flexibility index (Phi) is 8.03. The Morgan fingerprint density at radius 3 is 2.29 bits per heavy atom. The van der Waals surface area contributed by atoms with Gasteiger partial charge in [0, 0.05) is 47.6 Å².